The number of benzene rings is 2. The van der Waals surface area contributed by atoms with Crippen LogP contribution in [0.3, 0.4) is 0 Å². The molecule has 2 N–H and O–H groups in total. The van der Waals surface area contributed by atoms with Gasteiger partial charge in [0.2, 0.25) is 0 Å². The minimum absolute atomic E-state index is 0.0820. The third-order valence-electron chi connectivity index (χ3n) is 4.58. The third-order valence-corrected chi connectivity index (χ3v) is 4.58. The summed E-state index contributed by atoms with van der Waals surface area (Å²) < 4.78 is 2.23. The van der Waals surface area contributed by atoms with Crippen molar-refractivity contribution >= 4 is 22.7 Å². The molecule has 2 aromatic carbocycles. The van der Waals surface area contributed by atoms with Crippen LogP contribution in [0.5, 0.6) is 0 Å². The molecule has 0 fully saturated rings. The molecule has 0 radical (unpaired) electrons. The van der Waals surface area contributed by atoms with Crippen molar-refractivity contribution in [2.24, 2.45) is 4.99 Å². The summed E-state index contributed by atoms with van der Waals surface area (Å²) in [5, 5.41) is 17.5. The average molecular weight is 394 g/mol. The number of imidazole rings is 1. The molecule has 0 saturated heterocycles. The molecule has 3 aromatic rings. The second-order valence-electron chi connectivity index (χ2n) is 6.70. The molecule has 29 heavy (non-hydrogen) atoms. The second kappa shape index (κ2) is 9.68. The number of nitrogens with zero attached hydrogens (tertiary/aromatic N) is 4. The molecule has 0 unspecified atom stereocenters. The first-order chi connectivity index (χ1) is 14.1. The Labute approximate surface area is 169 Å². The van der Waals surface area contributed by atoms with Gasteiger partial charge in [0.25, 0.3) is 5.69 Å². The Morgan fingerprint density at radius 3 is 2.83 bits per heavy atom. The number of non-ortho nitro benzene ring substituents is 1. The predicted molar refractivity (Wildman–Crippen MR) is 115 cm³/mol. The standard InChI is InChI=1S/C21H26N6O2/c1-3-22-21(24-15-17-8-6-9-18(14-17)27(28)29)23-12-7-13-26-16(2)25-19-10-4-5-11-20(19)26/h4-6,8-11,14H,3,7,12-13,15H2,1-2H3,(H2,22,23,24). The summed E-state index contributed by atoms with van der Waals surface area (Å²) in [6.07, 6.45) is 0.919. The van der Waals surface area contributed by atoms with Gasteiger partial charge in [0.05, 0.1) is 22.5 Å². The summed E-state index contributed by atoms with van der Waals surface area (Å²) in [5.41, 5.74) is 3.05. The van der Waals surface area contributed by atoms with Gasteiger partial charge in [0, 0.05) is 31.8 Å². The zero-order chi connectivity index (χ0) is 20.6. The fourth-order valence-electron chi connectivity index (χ4n) is 3.20. The Bertz CT molecular complexity index is 1010. The van der Waals surface area contributed by atoms with Gasteiger partial charge in [-0.2, -0.15) is 0 Å². The van der Waals surface area contributed by atoms with Crippen molar-refractivity contribution in [2.75, 3.05) is 13.1 Å². The highest BCUT2D eigenvalue weighted by molar-refractivity contribution is 5.79. The normalized spacial score (nSPS) is 11.6. The number of para-hydroxylation sites is 2. The molecule has 8 nitrogen and oxygen atoms in total. The van der Waals surface area contributed by atoms with Crippen LogP contribution in [0.15, 0.2) is 53.5 Å². The molecule has 1 heterocycles. The lowest BCUT2D eigenvalue weighted by molar-refractivity contribution is -0.384. The topological polar surface area (TPSA) is 97.4 Å². The molecule has 0 saturated carbocycles. The predicted octanol–water partition coefficient (Wildman–Crippen LogP) is 3.40. The van der Waals surface area contributed by atoms with E-state index >= 15 is 0 Å². The van der Waals surface area contributed by atoms with Gasteiger partial charge < -0.3 is 15.2 Å². The van der Waals surface area contributed by atoms with E-state index in [0.717, 1.165) is 48.5 Å². The van der Waals surface area contributed by atoms with Gasteiger partial charge in [-0.1, -0.05) is 24.3 Å². The lowest BCUT2D eigenvalue weighted by atomic mass is 10.2. The largest absolute Gasteiger partial charge is 0.357 e. The molecule has 152 valence electrons. The van der Waals surface area contributed by atoms with Crippen LogP contribution in [0.2, 0.25) is 0 Å². The Hall–Kier alpha value is -3.42. The van der Waals surface area contributed by atoms with Crippen molar-refractivity contribution in [3.05, 3.63) is 70.0 Å². The van der Waals surface area contributed by atoms with Gasteiger partial charge in [-0.3, -0.25) is 10.1 Å². The molecule has 0 aliphatic carbocycles. The van der Waals surface area contributed by atoms with Crippen LogP contribution in [-0.4, -0.2) is 33.5 Å². The number of hydrogen-bond acceptors (Lipinski definition) is 4. The van der Waals surface area contributed by atoms with Gasteiger partial charge in [-0.05, 0) is 38.0 Å². The molecular formula is C21H26N6O2. The number of fused-ring (bicyclic) bond motifs is 1. The van der Waals surface area contributed by atoms with Crippen molar-refractivity contribution in [2.45, 2.75) is 33.4 Å². The maximum absolute atomic E-state index is 10.9. The zero-order valence-corrected chi connectivity index (χ0v) is 16.8. The first-order valence-electron chi connectivity index (χ1n) is 9.76. The van der Waals surface area contributed by atoms with Crippen molar-refractivity contribution in [3.63, 3.8) is 0 Å². The number of aromatic nitrogens is 2. The Morgan fingerprint density at radius 1 is 1.21 bits per heavy atom. The van der Waals surface area contributed by atoms with E-state index < -0.39 is 4.92 Å². The minimum Gasteiger partial charge on any atom is -0.357 e. The minimum atomic E-state index is -0.390. The van der Waals surface area contributed by atoms with Crippen molar-refractivity contribution in [3.8, 4) is 0 Å². The van der Waals surface area contributed by atoms with E-state index in [1.54, 1.807) is 12.1 Å². The molecule has 3 rings (SSSR count). The summed E-state index contributed by atoms with van der Waals surface area (Å²) >= 11 is 0. The number of hydrogen-bond donors (Lipinski definition) is 2. The molecule has 8 heteroatoms. The summed E-state index contributed by atoms with van der Waals surface area (Å²) in [7, 11) is 0. The monoisotopic (exact) mass is 394 g/mol. The third kappa shape index (κ3) is 5.31. The molecule has 0 atom stereocenters. The van der Waals surface area contributed by atoms with E-state index in [4.69, 9.17) is 0 Å². The molecule has 0 bridgehead atoms. The van der Waals surface area contributed by atoms with Crippen LogP contribution < -0.4 is 10.6 Å². The highest BCUT2D eigenvalue weighted by Gasteiger charge is 2.07. The summed E-state index contributed by atoms with van der Waals surface area (Å²) in [5.74, 6) is 1.71. The van der Waals surface area contributed by atoms with Crippen LogP contribution >= 0.6 is 0 Å². The van der Waals surface area contributed by atoms with Gasteiger partial charge >= 0.3 is 0 Å². The summed E-state index contributed by atoms with van der Waals surface area (Å²) in [6.45, 7) is 6.77. The highest BCUT2D eigenvalue weighted by atomic mass is 16.6. The number of nitro benzene ring substituents is 1. The van der Waals surface area contributed by atoms with E-state index in [0.29, 0.717) is 12.5 Å². The van der Waals surface area contributed by atoms with Gasteiger partial charge in [-0.25, -0.2) is 9.98 Å². The second-order valence-corrected chi connectivity index (χ2v) is 6.70. The fourth-order valence-corrected chi connectivity index (χ4v) is 3.20. The van der Waals surface area contributed by atoms with Crippen molar-refractivity contribution < 1.29 is 4.92 Å². The van der Waals surface area contributed by atoms with Gasteiger partial charge in [0.1, 0.15) is 5.82 Å². The maximum Gasteiger partial charge on any atom is 0.269 e. The van der Waals surface area contributed by atoms with Gasteiger partial charge in [-0.15, -0.1) is 0 Å². The Morgan fingerprint density at radius 2 is 2.03 bits per heavy atom. The number of guanidine groups is 1. The number of aliphatic imine (C=N–C) groups is 1. The average Bonchev–Trinajstić information content (AvgIpc) is 3.04. The smallest absolute Gasteiger partial charge is 0.269 e. The van der Waals surface area contributed by atoms with Crippen LogP contribution in [0.4, 0.5) is 5.69 Å². The van der Waals surface area contributed by atoms with Gasteiger partial charge in [0.15, 0.2) is 5.96 Å². The number of aryl methyl sites for hydroxylation is 2. The summed E-state index contributed by atoms with van der Waals surface area (Å²) in [4.78, 5) is 19.7. The number of nitrogens with one attached hydrogen (secondary N) is 2. The summed E-state index contributed by atoms with van der Waals surface area (Å²) in [6, 6.07) is 14.7. The first kappa shape index (κ1) is 20.3. The van der Waals surface area contributed by atoms with E-state index in [2.05, 4.69) is 31.2 Å². The van der Waals surface area contributed by atoms with E-state index in [-0.39, 0.29) is 5.69 Å². The van der Waals surface area contributed by atoms with Crippen LogP contribution in [0.1, 0.15) is 24.7 Å². The van der Waals surface area contributed by atoms with Crippen LogP contribution in [0.25, 0.3) is 11.0 Å². The van der Waals surface area contributed by atoms with Crippen molar-refractivity contribution in [1.29, 1.82) is 0 Å². The van der Waals surface area contributed by atoms with Crippen molar-refractivity contribution in [1.82, 2.24) is 20.2 Å². The Balaban J connectivity index is 1.56. The van der Waals surface area contributed by atoms with Crippen LogP contribution in [0, 0.1) is 17.0 Å². The first-order valence-corrected chi connectivity index (χ1v) is 9.76. The molecule has 0 spiro atoms. The SMILES string of the molecule is CCNC(=NCc1cccc([N+](=O)[O-])c1)NCCCn1c(C)nc2ccccc21. The van der Waals surface area contributed by atoms with E-state index in [1.165, 1.54) is 6.07 Å². The number of nitro groups is 1. The van der Waals surface area contributed by atoms with E-state index in [1.807, 2.05) is 38.1 Å². The lowest BCUT2D eigenvalue weighted by Gasteiger charge is -2.12. The fraction of sp³-hybridized carbons (Fsp3) is 0.333. The number of rotatable bonds is 8. The lowest BCUT2D eigenvalue weighted by Crippen LogP contribution is -2.38. The van der Waals surface area contributed by atoms with E-state index in [9.17, 15) is 10.1 Å². The maximum atomic E-state index is 10.9. The molecule has 0 amide bonds. The molecule has 0 aliphatic heterocycles. The Kier molecular flexibility index (Phi) is 6.78. The van der Waals surface area contributed by atoms with Crippen LogP contribution in [-0.2, 0) is 13.1 Å². The molecule has 0 aliphatic rings. The quantitative estimate of drug-likeness (QED) is 0.201. The zero-order valence-electron chi connectivity index (χ0n) is 16.8. The molecular weight excluding hydrogens is 368 g/mol. The highest BCUT2D eigenvalue weighted by Crippen LogP contribution is 2.16. The molecule has 1 aromatic heterocycles.